The summed E-state index contributed by atoms with van der Waals surface area (Å²) >= 11 is 0. The number of aromatic carboxylic acids is 1. The van der Waals surface area contributed by atoms with Gasteiger partial charge in [0.1, 0.15) is 0 Å². The quantitative estimate of drug-likeness (QED) is 0.719. The predicted molar refractivity (Wildman–Crippen MR) is 89.6 cm³/mol. The monoisotopic (exact) mass is 332 g/mol. The van der Waals surface area contributed by atoms with E-state index in [1.165, 1.54) is 12.4 Å². The summed E-state index contributed by atoms with van der Waals surface area (Å²) in [7, 11) is 0. The zero-order valence-corrected chi connectivity index (χ0v) is 13.5. The van der Waals surface area contributed by atoms with Crippen molar-refractivity contribution in [3.63, 3.8) is 0 Å². The lowest BCUT2D eigenvalue weighted by molar-refractivity contribution is 0.0520. The van der Waals surface area contributed by atoms with Gasteiger partial charge in [0.2, 0.25) is 0 Å². The number of hydrogen-bond donors (Lipinski definition) is 3. The van der Waals surface area contributed by atoms with E-state index in [9.17, 15) is 9.59 Å². The highest BCUT2D eigenvalue weighted by Gasteiger charge is 2.11. The van der Waals surface area contributed by atoms with Crippen LogP contribution in [0, 0.1) is 0 Å². The summed E-state index contributed by atoms with van der Waals surface area (Å²) in [5, 5.41) is 8.64. The number of aromatic nitrogens is 2. The van der Waals surface area contributed by atoms with E-state index in [2.05, 4.69) is 9.97 Å². The summed E-state index contributed by atoms with van der Waals surface area (Å²) in [6.45, 7) is 3.98. The number of nitrogens with two attached hydrogens (primary N) is 2. The number of pyridine rings is 2. The van der Waals surface area contributed by atoms with Crippen LogP contribution in [0.15, 0.2) is 30.6 Å². The van der Waals surface area contributed by atoms with Crippen LogP contribution in [0.25, 0.3) is 0 Å². The number of carboxylic acid groups (broad SMARTS) is 1. The molecule has 0 saturated carbocycles. The maximum Gasteiger partial charge on any atom is 0.359 e. The highest BCUT2D eigenvalue weighted by molar-refractivity contribution is 5.92. The van der Waals surface area contributed by atoms with Crippen molar-refractivity contribution in [2.24, 2.45) is 0 Å². The summed E-state index contributed by atoms with van der Waals surface area (Å²) in [4.78, 5) is 29.1. The summed E-state index contributed by atoms with van der Waals surface area (Å²) in [5.41, 5.74) is 12.6. The largest absolute Gasteiger partial charge is 0.476 e. The van der Waals surface area contributed by atoms with Gasteiger partial charge < -0.3 is 21.3 Å². The number of rotatable bonds is 4. The Hall–Kier alpha value is -3.16. The molecule has 2 aromatic rings. The fourth-order valence-corrected chi connectivity index (χ4v) is 1.78. The lowest BCUT2D eigenvalue weighted by atomic mass is 10.1. The molecule has 0 bridgehead atoms. The minimum atomic E-state index is -1.08. The van der Waals surface area contributed by atoms with Crippen LogP contribution in [-0.4, -0.2) is 33.6 Å². The minimum absolute atomic E-state index is 0.0608. The Kier molecular flexibility index (Phi) is 7.15. The Labute approximate surface area is 139 Å². The van der Waals surface area contributed by atoms with E-state index >= 15 is 0 Å². The van der Waals surface area contributed by atoms with Crippen molar-refractivity contribution in [1.82, 2.24) is 9.97 Å². The van der Waals surface area contributed by atoms with Gasteiger partial charge in [-0.3, -0.25) is 0 Å². The van der Waals surface area contributed by atoms with Gasteiger partial charge in [0.15, 0.2) is 11.4 Å². The lowest BCUT2D eigenvalue weighted by Gasteiger charge is -2.03. The fraction of sp³-hybridized carbons (Fsp3) is 0.250. The third kappa shape index (κ3) is 4.94. The first-order valence-electron chi connectivity index (χ1n) is 7.26. The summed E-state index contributed by atoms with van der Waals surface area (Å²) in [6, 6.07) is 5.00. The van der Waals surface area contributed by atoms with E-state index in [-0.39, 0.29) is 17.1 Å². The number of anilines is 2. The summed E-state index contributed by atoms with van der Waals surface area (Å²) in [5.74, 6) is -1.56. The van der Waals surface area contributed by atoms with E-state index < -0.39 is 11.9 Å². The third-order valence-electron chi connectivity index (χ3n) is 2.97. The van der Waals surface area contributed by atoms with Crippen molar-refractivity contribution in [1.29, 1.82) is 0 Å². The van der Waals surface area contributed by atoms with Crippen molar-refractivity contribution in [3.05, 3.63) is 47.5 Å². The fourth-order valence-electron chi connectivity index (χ4n) is 1.78. The van der Waals surface area contributed by atoms with E-state index in [0.29, 0.717) is 18.7 Å². The molecule has 5 N–H and O–H groups in total. The molecule has 0 aliphatic carbocycles. The molecule has 24 heavy (non-hydrogen) atoms. The molecule has 2 heterocycles. The molecule has 0 aliphatic heterocycles. The molecule has 0 spiro atoms. The normalized spacial score (nSPS) is 9.58. The molecule has 2 aromatic heterocycles. The predicted octanol–water partition coefficient (Wildman–Crippen LogP) is 1.76. The minimum Gasteiger partial charge on any atom is -0.476 e. The van der Waals surface area contributed by atoms with Crippen LogP contribution in [0.2, 0.25) is 0 Å². The number of carboxylic acids is 1. The zero-order chi connectivity index (χ0) is 18.1. The summed E-state index contributed by atoms with van der Waals surface area (Å²) < 4.78 is 4.73. The molecule has 0 amide bonds. The van der Waals surface area contributed by atoms with Crippen LogP contribution < -0.4 is 11.5 Å². The molecule has 8 nitrogen and oxygen atoms in total. The van der Waals surface area contributed by atoms with Crippen LogP contribution in [-0.2, 0) is 11.2 Å². The molecule has 0 atom stereocenters. The smallest absolute Gasteiger partial charge is 0.359 e. The number of nitrogen functional groups attached to an aromatic ring is 2. The van der Waals surface area contributed by atoms with E-state index in [1.807, 2.05) is 6.92 Å². The standard InChI is InChI=1S/2C8H10N2O2/c1-2-12-8(11)7-6(9)4-3-5-10-7;1-2-5-3-4-10-7(6(5)9)8(11)12/h3-5H,2,9H2,1H3;3-4H,2,9H2,1H3,(H,11,12). The molecule has 0 saturated heterocycles. The maximum atomic E-state index is 11.1. The molecule has 0 unspecified atom stereocenters. The van der Waals surface area contributed by atoms with Gasteiger partial charge in [0, 0.05) is 12.4 Å². The van der Waals surface area contributed by atoms with Gasteiger partial charge in [-0.25, -0.2) is 19.6 Å². The summed E-state index contributed by atoms with van der Waals surface area (Å²) in [6.07, 6.45) is 3.68. The van der Waals surface area contributed by atoms with E-state index in [1.54, 1.807) is 25.1 Å². The number of hydrogen-bond acceptors (Lipinski definition) is 7. The van der Waals surface area contributed by atoms with Crippen LogP contribution in [0.4, 0.5) is 11.4 Å². The maximum absolute atomic E-state index is 11.1. The van der Waals surface area contributed by atoms with E-state index in [0.717, 1.165) is 5.56 Å². The van der Waals surface area contributed by atoms with Gasteiger partial charge in [0.25, 0.3) is 0 Å². The first kappa shape index (κ1) is 18.9. The van der Waals surface area contributed by atoms with Crippen LogP contribution >= 0.6 is 0 Å². The highest BCUT2D eigenvalue weighted by atomic mass is 16.5. The first-order chi connectivity index (χ1) is 11.4. The molecular formula is C16H20N4O4. The Morgan fingerprint density at radius 2 is 1.79 bits per heavy atom. The third-order valence-corrected chi connectivity index (χ3v) is 2.97. The molecule has 0 fully saturated rings. The molecule has 128 valence electrons. The highest BCUT2D eigenvalue weighted by Crippen LogP contribution is 2.15. The SMILES string of the molecule is CCOC(=O)c1ncccc1N.CCc1ccnc(C(=O)O)c1N. The van der Waals surface area contributed by atoms with Gasteiger partial charge in [-0.2, -0.15) is 0 Å². The van der Waals surface area contributed by atoms with Gasteiger partial charge in [-0.15, -0.1) is 0 Å². The number of aryl methyl sites for hydroxylation is 1. The molecule has 0 radical (unpaired) electrons. The van der Waals surface area contributed by atoms with Gasteiger partial charge in [0.05, 0.1) is 18.0 Å². The van der Waals surface area contributed by atoms with Crippen molar-refractivity contribution in [3.8, 4) is 0 Å². The second-order valence-electron chi connectivity index (χ2n) is 4.55. The topological polar surface area (TPSA) is 141 Å². The van der Waals surface area contributed by atoms with Crippen LogP contribution in [0.1, 0.15) is 40.4 Å². The molecular weight excluding hydrogens is 312 g/mol. The lowest BCUT2D eigenvalue weighted by Crippen LogP contribution is -2.09. The Bertz CT molecular complexity index is 719. The average molecular weight is 332 g/mol. The van der Waals surface area contributed by atoms with E-state index in [4.69, 9.17) is 21.3 Å². The second kappa shape index (κ2) is 9.09. The number of nitrogens with zero attached hydrogens (tertiary/aromatic N) is 2. The number of esters is 1. The Morgan fingerprint density at radius 3 is 2.33 bits per heavy atom. The Morgan fingerprint density at radius 1 is 1.12 bits per heavy atom. The van der Waals surface area contributed by atoms with Crippen molar-refractivity contribution in [2.45, 2.75) is 20.3 Å². The van der Waals surface area contributed by atoms with Crippen LogP contribution in [0.3, 0.4) is 0 Å². The molecule has 0 aromatic carbocycles. The number of carbonyl (C=O) groups is 2. The first-order valence-corrected chi connectivity index (χ1v) is 7.26. The number of ether oxygens (including phenoxy) is 1. The van der Waals surface area contributed by atoms with Crippen molar-refractivity contribution >= 4 is 23.3 Å². The van der Waals surface area contributed by atoms with Gasteiger partial charge >= 0.3 is 11.9 Å². The zero-order valence-electron chi connectivity index (χ0n) is 13.5. The molecule has 8 heteroatoms. The Balaban J connectivity index is 0.000000240. The molecule has 2 rings (SSSR count). The van der Waals surface area contributed by atoms with Crippen molar-refractivity contribution < 1.29 is 19.4 Å². The van der Waals surface area contributed by atoms with Gasteiger partial charge in [-0.05, 0) is 37.1 Å². The number of carbonyl (C=O) groups excluding carboxylic acids is 1. The van der Waals surface area contributed by atoms with Gasteiger partial charge in [-0.1, -0.05) is 6.92 Å². The van der Waals surface area contributed by atoms with Crippen LogP contribution in [0.5, 0.6) is 0 Å². The molecule has 0 aliphatic rings. The van der Waals surface area contributed by atoms with Crippen molar-refractivity contribution in [2.75, 3.05) is 18.1 Å². The second-order valence-corrected chi connectivity index (χ2v) is 4.55. The average Bonchev–Trinajstić information content (AvgIpc) is 2.56.